The average molecular weight is 427 g/mol. The number of esters is 1. The van der Waals surface area contributed by atoms with Crippen LogP contribution in [-0.2, 0) is 21.4 Å². The van der Waals surface area contributed by atoms with Crippen LogP contribution in [-0.4, -0.2) is 28.3 Å². The Balaban J connectivity index is 1.81. The fourth-order valence-electron chi connectivity index (χ4n) is 5.44. The van der Waals surface area contributed by atoms with E-state index in [-0.39, 0.29) is 22.7 Å². The molecule has 2 aliphatic rings. The van der Waals surface area contributed by atoms with Gasteiger partial charge < -0.3 is 9.72 Å². The highest BCUT2D eigenvalue weighted by atomic mass is 32.2. The molecule has 0 aliphatic heterocycles. The van der Waals surface area contributed by atoms with Crippen LogP contribution < -0.4 is 5.56 Å². The molecule has 0 amide bonds. The molecule has 2 aliphatic carbocycles. The van der Waals surface area contributed by atoms with Gasteiger partial charge in [0.15, 0.2) is 5.16 Å². The zero-order chi connectivity index (χ0) is 21.1. The normalized spacial score (nSPS) is 21.0. The van der Waals surface area contributed by atoms with Crippen molar-refractivity contribution in [2.75, 3.05) is 12.4 Å². The van der Waals surface area contributed by atoms with Crippen LogP contribution in [0.2, 0.25) is 0 Å². The first kappa shape index (κ1) is 21.2. The summed E-state index contributed by atoms with van der Waals surface area (Å²) < 4.78 is 5.01. The van der Waals surface area contributed by atoms with Crippen LogP contribution in [0.1, 0.15) is 63.5 Å². The first-order chi connectivity index (χ1) is 14.6. The van der Waals surface area contributed by atoms with Crippen molar-refractivity contribution in [1.29, 1.82) is 0 Å². The summed E-state index contributed by atoms with van der Waals surface area (Å²) >= 11 is 1.23. The molecule has 2 aromatic rings. The van der Waals surface area contributed by atoms with Crippen molar-refractivity contribution in [2.45, 2.75) is 69.4 Å². The maximum Gasteiger partial charge on any atom is 0.316 e. The summed E-state index contributed by atoms with van der Waals surface area (Å²) in [6.45, 7) is 4.35. The highest BCUT2D eigenvalue weighted by molar-refractivity contribution is 7.99. The van der Waals surface area contributed by atoms with E-state index in [2.05, 4.69) is 30.1 Å². The largest absolute Gasteiger partial charge is 0.465 e. The van der Waals surface area contributed by atoms with Gasteiger partial charge >= 0.3 is 5.97 Å². The number of nitrogens with one attached hydrogen (secondary N) is 1. The van der Waals surface area contributed by atoms with Crippen molar-refractivity contribution in [3.63, 3.8) is 0 Å². The smallest absolute Gasteiger partial charge is 0.316 e. The maximum absolute atomic E-state index is 13.5. The van der Waals surface area contributed by atoms with E-state index in [4.69, 9.17) is 9.72 Å². The topological polar surface area (TPSA) is 72.0 Å². The SMILES string of the molecule is CCOC(=O)CSc1nc2c(c(=O)[nH]1)[C@](CC)(C1CCCCC1)Cc1ccccc1-2. The molecule has 1 atom stereocenters. The predicted octanol–water partition coefficient (Wildman–Crippen LogP) is 4.88. The van der Waals surface area contributed by atoms with Crippen LogP contribution in [0.3, 0.4) is 0 Å². The molecule has 30 heavy (non-hydrogen) atoms. The molecule has 1 aromatic heterocycles. The van der Waals surface area contributed by atoms with Crippen LogP contribution in [0.4, 0.5) is 0 Å². The number of fused-ring (bicyclic) bond motifs is 3. The number of aromatic nitrogens is 2. The molecule has 5 nitrogen and oxygen atoms in total. The van der Waals surface area contributed by atoms with Gasteiger partial charge in [0.25, 0.3) is 5.56 Å². The van der Waals surface area contributed by atoms with E-state index < -0.39 is 0 Å². The Kier molecular flexibility index (Phi) is 6.32. The third-order valence-corrected chi connectivity index (χ3v) is 7.67. The van der Waals surface area contributed by atoms with Crippen molar-refractivity contribution in [3.8, 4) is 11.3 Å². The molecule has 0 saturated heterocycles. The number of aromatic amines is 1. The average Bonchev–Trinajstić information content (AvgIpc) is 2.77. The number of hydrogen-bond acceptors (Lipinski definition) is 5. The number of rotatable bonds is 6. The lowest BCUT2D eigenvalue weighted by Crippen LogP contribution is -2.45. The molecule has 1 fully saturated rings. The van der Waals surface area contributed by atoms with Gasteiger partial charge in [-0.1, -0.05) is 62.2 Å². The summed E-state index contributed by atoms with van der Waals surface area (Å²) in [6, 6.07) is 8.34. The van der Waals surface area contributed by atoms with Crippen LogP contribution in [0.15, 0.2) is 34.2 Å². The second-order valence-electron chi connectivity index (χ2n) is 8.37. The lowest BCUT2D eigenvalue weighted by molar-refractivity contribution is -0.139. The van der Waals surface area contributed by atoms with Gasteiger partial charge in [-0.2, -0.15) is 0 Å². The zero-order valence-electron chi connectivity index (χ0n) is 17.8. The number of benzene rings is 1. The second kappa shape index (κ2) is 8.96. The van der Waals surface area contributed by atoms with Gasteiger partial charge in [-0.05, 0) is 44.1 Å². The fourth-order valence-corrected chi connectivity index (χ4v) is 6.09. The molecule has 1 heterocycles. The molecule has 6 heteroatoms. The first-order valence-corrected chi connectivity index (χ1v) is 12.1. The minimum atomic E-state index is -0.298. The molecule has 0 radical (unpaired) electrons. The molecule has 4 rings (SSSR count). The van der Waals surface area contributed by atoms with E-state index in [0.29, 0.717) is 17.7 Å². The number of carbonyl (C=O) groups is 1. The number of hydrogen-bond donors (Lipinski definition) is 1. The summed E-state index contributed by atoms with van der Waals surface area (Å²) in [7, 11) is 0. The monoisotopic (exact) mass is 426 g/mol. The summed E-state index contributed by atoms with van der Waals surface area (Å²) in [4.78, 5) is 33.1. The predicted molar refractivity (Wildman–Crippen MR) is 120 cm³/mol. The Morgan fingerprint density at radius 1 is 1.23 bits per heavy atom. The standard InChI is InChI=1S/C24H30N2O3S/c1-3-24(17-11-6-5-7-12-17)14-16-10-8-9-13-18(16)21-20(24)22(28)26-23(25-21)30-15-19(27)29-4-2/h8-10,13,17H,3-7,11-12,14-15H2,1-2H3,(H,25,26,28)/t24-/m0/s1. The third kappa shape index (κ3) is 3.82. The zero-order valence-corrected chi connectivity index (χ0v) is 18.6. The molecular formula is C24H30N2O3S. The fraction of sp³-hybridized carbons (Fsp3) is 0.542. The van der Waals surface area contributed by atoms with Crippen molar-refractivity contribution in [1.82, 2.24) is 9.97 Å². The van der Waals surface area contributed by atoms with E-state index in [1.165, 1.54) is 49.4 Å². The minimum absolute atomic E-state index is 0.0479. The Hall–Kier alpha value is -2.08. The lowest BCUT2D eigenvalue weighted by atomic mass is 9.58. The molecule has 160 valence electrons. The van der Waals surface area contributed by atoms with Gasteiger partial charge in [0.1, 0.15) is 0 Å². The van der Waals surface area contributed by atoms with Crippen molar-refractivity contribution in [3.05, 3.63) is 45.7 Å². The van der Waals surface area contributed by atoms with Gasteiger partial charge in [-0.25, -0.2) is 4.98 Å². The highest BCUT2D eigenvalue weighted by Crippen LogP contribution is 2.50. The van der Waals surface area contributed by atoms with Crippen LogP contribution in [0.5, 0.6) is 0 Å². The van der Waals surface area contributed by atoms with Crippen molar-refractivity contribution >= 4 is 17.7 Å². The van der Waals surface area contributed by atoms with Crippen molar-refractivity contribution in [2.24, 2.45) is 5.92 Å². The second-order valence-corrected chi connectivity index (χ2v) is 9.33. The number of ether oxygens (including phenoxy) is 1. The number of carbonyl (C=O) groups excluding carboxylic acids is 1. The van der Waals surface area contributed by atoms with E-state index in [9.17, 15) is 9.59 Å². The van der Waals surface area contributed by atoms with Crippen LogP contribution in [0, 0.1) is 5.92 Å². The summed E-state index contributed by atoms with van der Waals surface area (Å²) in [6.07, 6.45) is 7.95. The number of thioether (sulfide) groups is 1. The first-order valence-electron chi connectivity index (χ1n) is 11.1. The number of nitrogens with zero attached hydrogens (tertiary/aromatic N) is 1. The Morgan fingerprint density at radius 3 is 2.73 bits per heavy atom. The summed E-state index contributed by atoms with van der Waals surface area (Å²) in [5.74, 6) is 0.344. The summed E-state index contributed by atoms with van der Waals surface area (Å²) in [5, 5.41) is 0.483. The van der Waals surface area contributed by atoms with Crippen LogP contribution in [0.25, 0.3) is 11.3 Å². The molecule has 0 spiro atoms. The van der Waals surface area contributed by atoms with Gasteiger partial charge in [0.05, 0.1) is 23.6 Å². The van der Waals surface area contributed by atoms with Crippen LogP contribution >= 0.6 is 11.8 Å². The van der Waals surface area contributed by atoms with Gasteiger partial charge in [-0.3, -0.25) is 9.59 Å². The molecule has 0 unspecified atom stereocenters. The summed E-state index contributed by atoms with van der Waals surface area (Å²) in [5.41, 5.74) is 3.77. The lowest BCUT2D eigenvalue weighted by Gasteiger charge is -2.45. The quantitative estimate of drug-likeness (QED) is 0.405. The molecule has 1 aromatic carbocycles. The van der Waals surface area contributed by atoms with Crippen molar-refractivity contribution < 1.29 is 9.53 Å². The van der Waals surface area contributed by atoms with E-state index in [1.54, 1.807) is 6.92 Å². The Labute approximate surface area is 182 Å². The van der Waals surface area contributed by atoms with Gasteiger partial charge in [0, 0.05) is 11.0 Å². The molecule has 1 saturated carbocycles. The highest BCUT2D eigenvalue weighted by Gasteiger charge is 2.46. The minimum Gasteiger partial charge on any atom is -0.465 e. The van der Waals surface area contributed by atoms with E-state index in [0.717, 1.165) is 29.7 Å². The maximum atomic E-state index is 13.5. The number of H-pyrrole nitrogens is 1. The molecule has 1 N–H and O–H groups in total. The van der Waals surface area contributed by atoms with Gasteiger partial charge in [0.2, 0.25) is 0 Å². The van der Waals surface area contributed by atoms with E-state index in [1.807, 2.05) is 6.07 Å². The Bertz CT molecular complexity index is 981. The molecular weight excluding hydrogens is 396 g/mol. The molecule has 0 bridgehead atoms. The Morgan fingerprint density at radius 2 is 2.00 bits per heavy atom. The van der Waals surface area contributed by atoms with Gasteiger partial charge in [-0.15, -0.1) is 0 Å². The van der Waals surface area contributed by atoms with E-state index >= 15 is 0 Å². The third-order valence-electron chi connectivity index (χ3n) is 6.82.